The predicted octanol–water partition coefficient (Wildman–Crippen LogP) is 3.49. The highest BCUT2D eigenvalue weighted by molar-refractivity contribution is 5.89. The van der Waals surface area contributed by atoms with Crippen molar-refractivity contribution in [3.63, 3.8) is 0 Å². The van der Waals surface area contributed by atoms with Crippen molar-refractivity contribution in [1.82, 2.24) is 15.2 Å². The van der Waals surface area contributed by atoms with E-state index in [9.17, 15) is 0 Å². The smallest absolute Gasteiger partial charge is 0.145 e. The number of H-pyrrole nitrogens is 1. The Labute approximate surface area is 134 Å². The SMILES string of the molecule is Cc1cc(-c2cn[nH]c2)nc2c(OCC3CCCO3)cccc12. The Hall–Kier alpha value is -2.40. The number of pyridine rings is 1. The molecular weight excluding hydrogens is 290 g/mol. The molecule has 0 amide bonds. The molecule has 0 radical (unpaired) electrons. The molecule has 118 valence electrons. The molecule has 1 unspecified atom stereocenters. The molecule has 3 aromatic rings. The van der Waals surface area contributed by atoms with Crippen LogP contribution in [0.25, 0.3) is 22.2 Å². The Morgan fingerprint density at radius 3 is 3.13 bits per heavy atom. The van der Waals surface area contributed by atoms with Crippen LogP contribution in [0.3, 0.4) is 0 Å². The van der Waals surface area contributed by atoms with Crippen molar-refractivity contribution in [3.05, 3.63) is 42.2 Å². The molecule has 5 heteroatoms. The zero-order valence-electron chi connectivity index (χ0n) is 13.1. The first-order valence-electron chi connectivity index (χ1n) is 7.95. The van der Waals surface area contributed by atoms with Crippen LogP contribution in [0.15, 0.2) is 36.7 Å². The summed E-state index contributed by atoms with van der Waals surface area (Å²) >= 11 is 0. The number of para-hydroxylation sites is 1. The van der Waals surface area contributed by atoms with Gasteiger partial charge in [0.2, 0.25) is 0 Å². The van der Waals surface area contributed by atoms with Gasteiger partial charge in [-0.1, -0.05) is 12.1 Å². The molecule has 4 rings (SSSR count). The van der Waals surface area contributed by atoms with Crippen LogP contribution in [-0.4, -0.2) is 34.5 Å². The second kappa shape index (κ2) is 6.01. The molecule has 1 aliphatic rings. The summed E-state index contributed by atoms with van der Waals surface area (Å²) in [6, 6.07) is 8.15. The molecule has 1 aromatic carbocycles. The summed E-state index contributed by atoms with van der Waals surface area (Å²) in [5.74, 6) is 0.812. The zero-order chi connectivity index (χ0) is 15.6. The lowest BCUT2D eigenvalue weighted by Gasteiger charge is -2.14. The average molecular weight is 309 g/mol. The second-order valence-corrected chi connectivity index (χ2v) is 5.91. The number of fused-ring (bicyclic) bond motifs is 1. The lowest BCUT2D eigenvalue weighted by Crippen LogP contribution is -2.16. The average Bonchev–Trinajstić information content (AvgIpc) is 3.26. The minimum absolute atomic E-state index is 0.198. The second-order valence-electron chi connectivity index (χ2n) is 5.91. The third kappa shape index (κ3) is 2.80. The molecule has 1 saturated heterocycles. The first kappa shape index (κ1) is 14.2. The van der Waals surface area contributed by atoms with E-state index in [1.54, 1.807) is 6.20 Å². The van der Waals surface area contributed by atoms with Gasteiger partial charge in [0.1, 0.15) is 17.9 Å². The van der Waals surface area contributed by atoms with Crippen molar-refractivity contribution in [2.24, 2.45) is 0 Å². The topological polar surface area (TPSA) is 60.0 Å². The summed E-state index contributed by atoms with van der Waals surface area (Å²) < 4.78 is 11.7. The largest absolute Gasteiger partial charge is 0.489 e. The first-order valence-corrected chi connectivity index (χ1v) is 7.95. The van der Waals surface area contributed by atoms with Gasteiger partial charge in [0.15, 0.2) is 0 Å². The maximum atomic E-state index is 6.02. The van der Waals surface area contributed by atoms with E-state index in [1.165, 1.54) is 5.56 Å². The lowest BCUT2D eigenvalue weighted by atomic mass is 10.1. The highest BCUT2D eigenvalue weighted by atomic mass is 16.5. The van der Waals surface area contributed by atoms with Crippen molar-refractivity contribution in [2.45, 2.75) is 25.9 Å². The molecule has 23 heavy (non-hydrogen) atoms. The molecule has 1 aliphatic heterocycles. The summed E-state index contributed by atoms with van der Waals surface area (Å²) in [5.41, 5.74) is 3.94. The van der Waals surface area contributed by atoms with Crippen molar-refractivity contribution in [3.8, 4) is 17.0 Å². The summed E-state index contributed by atoms with van der Waals surface area (Å²) in [7, 11) is 0. The maximum Gasteiger partial charge on any atom is 0.145 e. The predicted molar refractivity (Wildman–Crippen MR) is 88.5 cm³/mol. The number of aromatic nitrogens is 3. The molecule has 0 saturated carbocycles. The van der Waals surface area contributed by atoms with Gasteiger partial charge in [0.25, 0.3) is 0 Å². The van der Waals surface area contributed by atoms with Crippen LogP contribution in [-0.2, 0) is 4.74 Å². The Morgan fingerprint density at radius 1 is 1.39 bits per heavy atom. The third-order valence-electron chi connectivity index (χ3n) is 4.25. The highest BCUT2D eigenvalue weighted by Gasteiger charge is 2.17. The fourth-order valence-electron chi connectivity index (χ4n) is 3.01. The minimum atomic E-state index is 0.198. The summed E-state index contributed by atoms with van der Waals surface area (Å²) in [6.07, 6.45) is 6.01. The van der Waals surface area contributed by atoms with E-state index in [-0.39, 0.29) is 6.10 Å². The number of hydrogen-bond donors (Lipinski definition) is 1. The van der Waals surface area contributed by atoms with E-state index < -0.39 is 0 Å². The van der Waals surface area contributed by atoms with Crippen molar-refractivity contribution in [2.75, 3.05) is 13.2 Å². The number of benzene rings is 1. The summed E-state index contributed by atoms with van der Waals surface area (Å²) in [5, 5.41) is 7.95. The van der Waals surface area contributed by atoms with E-state index >= 15 is 0 Å². The van der Waals surface area contributed by atoms with Crippen molar-refractivity contribution in [1.29, 1.82) is 0 Å². The Kier molecular flexibility index (Phi) is 3.71. The number of aryl methyl sites for hydroxylation is 1. The van der Waals surface area contributed by atoms with Gasteiger partial charge in [-0.05, 0) is 37.5 Å². The van der Waals surface area contributed by atoms with Crippen LogP contribution in [0, 0.1) is 6.92 Å². The van der Waals surface area contributed by atoms with E-state index in [1.807, 2.05) is 18.3 Å². The van der Waals surface area contributed by atoms with E-state index in [4.69, 9.17) is 14.5 Å². The highest BCUT2D eigenvalue weighted by Crippen LogP contribution is 2.30. The molecule has 0 aliphatic carbocycles. The Bertz CT molecular complexity index is 808. The van der Waals surface area contributed by atoms with Crippen LogP contribution in [0.5, 0.6) is 5.75 Å². The maximum absolute atomic E-state index is 6.02. The van der Waals surface area contributed by atoms with Gasteiger partial charge in [0, 0.05) is 23.8 Å². The van der Waals surface area contributed by atoms with Crippen molar-refractivity contribution < 1.29 is 9.47 Å². The van der Waals surface area contributed by atoms with Crippen LogP contribution >= 0.6 is 0 Å². The molecule has 0 spiro atoms. The molecule has 0 bridgehead atoms. The number of aromatic amines is 1. The Balaban J connectivity index is 1.71. The number of nitrogens with one attached hydrogen (secondary N) is 1. The van der Waals surface area contributed by atoms with Gasteiger partial charge in [-0.2, -0.15) is 5.10 Å². The van der Waals surface area contributed by atoms with Crippen LogP contribution in [0.1, 0.15) is 18.4 Å². The molecule has 1 atom stereocenters. The van der Waals surface area contributed by atoms with E-state index in [2.05, 4.69) is 29.3 Å². The van der Waals surface area contributed by atoms with Crippen molar-refractivity contribution >= 4 is 10.9 Å². The van der Waals surface area contributed by atoms with Gasteiger partial charge < -0.3 is 9.47 Å². The zero-order valence-corrected chi connectivity index (χ0v) is 13.1. The van der Waals surface area contributed by atoms with E-state index in [0.717, 1.165) is 47.4 Å². The molecule has 1 fully saturated rings. The lowest BCUT2D eigenvalue weighted by molar-refractivity contribution is 0.0684. The van der Waals surface area contributed by atoms with Gasteiger partial charge >= 0.3 is 0 Å². The number of nitrogens with zero attached hydrogens (tertiary/aromatic N) is 2. The fourth-order valence-corrected chi connectivity index (χ4v) is 3.01. The standard InChI is InChI=1S/C18H19N3O2/c1-12-8-16(13-9-19-20-10-13)21-18-15(12)5-2-6-17(18)23-11-14-4-3-7-22-14/h2,5-6,8-10,14H,3-4,7,11H2,1H3,(H,19,20). The first-order chi connectivity index (χ1) is 11.3. The van der Waals surface area contributed by atoms with Gasteiger partial charge in [-0.15, -0.1) is 0 Å². The van der Waals surface area contributed by atoms with Gasteiger partial charge in [-0.3, -0.25) is 5.10 Å². The van der Waals surface area contributed by atoms with Crippen LogP contribution < -0.4 is 4.74 Å². The molecule has 1 N–H and O–H groups in total. The van der Waals surface area contributed by atoms with Crippen LogP contribution in [0.4, 0.5) is 0 Å². The molecular formula is C18H19N3O2. The quantitative estimate of drug-likeness (QED) is 0.801. The van der Waals surface area contributed by atoms with Gasteiger partial charge in [-0.25, -0.2) is 4.98 Å². The van der Waals surface area contributed by atoms with Gasteiger partial charge in [0.05, 0.1) is 18.0 Å². The third-order valence-corrected chi connectivity index (χ3v) is 4.25. The molecule has 3 heterocycles. The minimum Gasteiger partial charge on any atom is -0.489 e. The van der Waals surface area contributed by atoms with Crippen LogP contribution in [0.2, 0.25) is 0 Å². The molecule has 2 aromatic heterocycles. The summed E-state index contributed by atoms with van der Waals surface area (Å²) in [4.78, 5) is 4.80. The Morgan fingerprint density at radius 2 is 2.35 bits per heavy atom. The normalized spacial score (nSPS) is 17.7. The monoisotopic (exact) mass is 309 g/mol. The van der Waals surface area contributed by atoms with E-state index in [0.29, 0.717) is 6.61 Å². The number of ether oxygens (including phenoxy) is 2. The number of rotatable bonds is 4. The fraction of sp³-hybridized carbons (Fsp3) is 0.333. The summed E-state index contributed by atoms with van der Waals surface area (Å²) in [6.45, 7) is 3.51. The molecule has 5 nitrogen and oxygen atoms in total. The number of hydrogen-bond acceptors (Lipinski definition) is 4.